The van der Waals surface area contributed by atoms with Crippen LogP contribution in [0.4, 0.5) is 0 Å². The standard InChI is InChI=1S/C75H122O16P2/c1-4-7-10-13-16-19-22-25-28-31-33-34-36-39-40-43-46-49-52-55-58-61-73(78)85-64-70(76)65-87-92(81,82)88-66-71(77)67-89-93(83,84)90-69-72(91-75(80)63-60-57-54-51-48-45-42-37-30-27-24-21-18-15-12-9-6-3)68-86-74(79)62-59-56-53-50-47-44-41-38-35-32-29-26-23-20-17-14-11-8-5-2/h7-12,16-21,25-30,33-35,38-40,46,49,70-72,76-77H,4-6,13-15,22-24,31-32,36-37,41-45,47-48,50-69H2,1-3H3,(H,81,82)(H,83,84)/b10-7-,11-8-,12-9-,19-16-,20-17-,21-18-,28-25-,29-26-,30-27-,34-33-,38-35-,40-39-,49-46-. The molecule has 4 N–H and O–H groups in total. The number of ether oxygens (including phenoxy) is 3. The molecule has 5 unspecified atom stereocenters. The Morgan fingerprint density at radius 3 is 0.871 bits per heavy atom. The molecule has 0 aliphatic carbocycles. The lowest BCUT2D eigenvalue weighted by Crippen LogP contribution is -2.30. The number of carbonyl (C=O) groups is 3. The quantitative estimate of drug-likeness (QED) is 0.0146. The average Bonchev–Trinajstić information content (AvgIpc) is 3.72. The third-order valence-electron chi connectivity index (χ3n) is 13.7. The van der Waals surface area contributed by atoms with Crippen LogP contribution >= 0.6 is 15.6 Å². The Bertz CT molecular complexity index is 2320. The first-order valence-electron chi connectivity index (χ1n) is 34.8. The highest BCUT2D eigenvalue weighted by Gasteiger charge is 2.29. The minimum atomic E-state index is -4.94. The third-order valence-corrected chi connectivity index (χ3v) is 15.6. The Morgan fingerprint density at radius 1 is 0.301 bits per heavy atom. The highest BCUT2D eigenvalue weighted by Crippen LogP contribution is 2.45. The van der Waals surface area contributed by atoms with E-state index in [1.165, 1.54) is 0 Å². The monoisotopic (exact) mass is 1340 g/mol. The van der Waals surface area contributed by atoms with Crippen LogP contribution in [0.3, 0.4) is 0 Å². The van der Waals surface area contributed by atoms with E-state index in [4.69, 9.17) is 32.3 Å². The van der Waals surface area contributed by atoms with Crippen LogP contribution in [0.15, 0.2) is 158 Å². The molecular weight excluding hydrogens is 1220 g/mol. The lowest BCUT2D eigenvalue weighted by molar-refractivity contribution is -0.161. The van der Waals surface area contributed by atoms with Crippen molar-refractivity contribution >= 4 is 33.6 Å². The number of carbonyl (C=O) groups excluding carboxylic acids is 3. The summed E-state index contributed by atoms with van der Waals surface area (Å²) in [6.45, 7) is 2.23. The van der Waals surface area contributed by atoms with Gasteiger partial charge in [-0.25, -0.2) is 9.13 Å². The maximum atomic E-state index is 12.9. The van der Waals surface area contributed by atoms with Crippen LogP contribution in [0.1, 0.15) is 239 Å². The van der Waals surface area contributed by atoms with Gasteiger partial charge in [-0.15, -0.1) is 0 Å². The maximum absolute atomic E-state index is 12.9. The SMILES string of the molecule is CC/C=C\C/C=C\C/C=C\C/C=C\C/C=C\C/C=C\CCCCC(=O)OCC(O)COP(=O)(O)OCC(O)COP(=O)(O)OCC(COC(=O)CCCCCCCC/C=C\C/C=C\C/C=C\C/C=C\CC)OC(=O)CCCCCCCCC/C=C\C/C=C\C/C=C\CC. The first-order valence-corrected chi connectivity index (χ1v) is 37.8. The highest BCUT2D eigenvalue weighted by atomic mass is 31.2. The molecule has 0 heterocycles. The van der Waals surface area contributed by atoms with Crippen LogP contribution in [-0.2, 0) is 55.8 Å². The van der Waals surface area contributed by atoms with Gasteiger partial charge in [0.05, 0.1) is 26.4 Å². The number of esters is 3. The largest absolute Gasteiger partial charge is 0.472 e. The van der Waals surface area contributed by atoms with Gasteiger partial charge in [0.2, 0.25) is 0 Å². The summed E-state index contributed by atoms with van der Waals surface area (Å²) >= 11 is 0. The Kier molecular flexibility index (Phi) is 63.7. The summed E-state index contributed by atoms with van der Waals surface area (Å²) in [5.74, 6) is -1.66. The number of allylic oxidation sites excluding steroid dienone is 26. The molecule has 0 amide bonds. The number of aliphatic hydroxyl groups excluding tert-OH is 2. The molecule has 528 valence electrons. The molecular formula is C75H122O16P2. The number of unbranched alkanes of at least 4 members (excludes halogenated alkanes) is 15. The van der Waals surface area contributed by atoms with E-state index in [1.807, 2.05) is 0 Å². The fourth-order valence-electron chi connectivity index (χ4n) is 8.52. The van der Waals surface area contributed by atoms with Gasteiger partial charge in [-0.05, 0) is 141 Å². The van der Waals surface area contributed by atoms with E-state index in [2.05, 4.69) is 179 Å². The Balaban J connectivity index is 4.76. The van der Waals surface area contributed by atoms with Crippen LogP contribution < -0.4 is 0 Å². The van der Waals surface area contributed by atoms with Gasteiger partial charge in [0.15, 0.2) is 6.10 Å². The molecule has 0 aromatic rings. The summed E-state index contributed by atoms with van der Waals surface area (Å²) in [7, 11) is -9.81. The summed E-state index contributed by atoms with van der Waals surface area (Å²) in [4.78, 5) is 58.5. The number of hydrogen-bond acceptors (Lipinski definition) is 14. The number of hydrogen-bond donors (Lipinski definition) is 4. The number of aliphatic hydroxyl groups is 2. The van der Waals surface area contributed by atoms with Gasteiger partial charge in [0.1, 0.15) is 25.4 Å². The second-order valence-corrected chi connectivity index (χ2v) is 25.4. The van der Waals surface area contributed by atoms with Crippen LogP contribution in [0, 0.1) is 0 Å². The molecule has 0 aliphatic rings. The molecule has 5 atom stereocenters. The Hall–Kier alpha value is -4.83. The highest BCUT2D eigenvalue weighted by molar-refractivity contribution is 7.47. The lowest BCUT2D eigenvalue weighted by atomic mass is 10.1. The smallest absolute Gasteiger partial charge is 0.463 e. The number of phosphoric acid groups is 2. The summed E-state index contributed by atoms with van der Waals surface area (Å²) in [5.41, 5.74) is 0. The average molecular weight is 1340 g/mol. The van der Waals surface area contributed by atoms with E-state index < -0.39 is 91.5 Å². The van der Waals surface area contributed by atoms with Crippen molar-refractivity contribution in [2.45, 2.75) is 257 Å². The molecule has 0 bridgehead atoms. The zero-order valence-corrected chi connectivity index (χ0v) is 58.9. The van der Waals surface area contributed by atoms with Crippen molar-refractivity contribution in [1.29, 1.82) is 0 Å². The number of phosphoric ester groups is 2. The molecule has 0 saturated carbocycles. The molecule has 0 saturated heterocycles. The van der Waals surface area contributed by atoms with E-state index in [-0.39, 0.29) is 19.3 Å². The first-order chi connectivity index (χ1) is 45.2. The van der Waals surface area contributed by atoms with Crippen LogP contribution in [0.5, 0.6) is 0 Å². The van der Waals surface area contributed by atoms with Crippen LogP contribution in [0.2, 0.25) is 0 Å². The van der Waals surface area contributed by atoms with Crippen LogP contribution in [0.25, 0.3) is 0 Å². The summed E-state index contributed by atoms with van der Waals surface area (Å²) in [6, 6.07) is 0. The molecule has 93 heavy (non-hydrogen) atoms. The Labute approximate surface area is 561 Å². The second-order valence-electron chi connectivity index (χ2n) is 22.5. The molecule has 0 fully saturated rings. The van der Waals surface area contributed by atoms with Crippen molar-refractivity contribution in [2.24, 2.45) is 0 Å². The zero-order valence-electron chi connectivity index (χ0n) is 57.1. The van der Waals surface area contributed by atoms with Crippen LogP contribution in [-0.4, -0.2) is 95.9 Å². The van der Waals surface area contributed by atoms with Gasteiger partial charge in [-0.1, -0.05) is 237 Å². The van der Waals surface area contributed by atoms with E-state index in [1.54, 1.807) is 0 Å². The van der Waals surface area contributed by atoms with Crippen molar-refractivity contribution in [3.63, 3.8) is 0 Å². The van der Waals surface area contributed by atoms with E-state index in [0.717, 1.165) is 180 Å². The van der Waals surface area contributed by atoms with E-state index in [9.17, 15) is 43.5 Å². The lowest BCUT2D eigenvalue weighted by Gasteiger charge is -2.21. The van der Waals surface area contributed by atoms with Gasteiger partial charge in [-0.2, -0.15) is 0 Å². The predicted molar refractivity (Wildman–Crippen MR) is 380 cm³/mol. The van der Waals surface area contributed by atoms with Gasteiger partial charge >= 0.3 is 33.6 Å². The van der Waals surface area contributed by atoms with Gasteiger partial charge in [0, 0.05) is 19.3 Å². The number of rotatable bonds is 64. The van der Waals surface area contributed by atoms with Crippen molar-refractivity contribution in [3.05, 3.63) is 158 Å². The summed E-state index contributed by atoms with van der Waals surface area (Å²) < 4.78 is 60.9. The maximum Gasteiger partial charge on any atom is 0.472 e. The Morgan fingerprint density at radius 2 is 0.538 bits per heavy atom. The van der Waals surface area contributed by atoms with Crippen molar-refractivity contribution in [2.75, 3.05) is 39.6 Å². The fraction of sp³-hybridized carbons (Fsp3) is 0.613. The van der Waals surface area contributed by atoms with Crippen molar-refractivity contribution in [3.8, 4) is 0 Å². The van der Waals surface area contributed by atoms with Crippen molar-refractivity contribution < 1.29 is 75.8 Å². The normalized spacial score (nSPS) is 15.1. The van der Waals surface area contributed by atoms with Gasteiger partial charge in [-0.3, -0.25) is 32.5 Å². The fourth-order valence-corrected chi connectivity index (χ4v) is 10.1. The minimum absolute atomic E-state index is 0.0830. The first kappa shape index (κ1) is 88.2. The molecule has 18 heteroatoms. The topological polar surface area (TPSA) is 231 Å². The van der Waals surface area contributed by atoms with E-state index in [0.29, 0.717) is 19.3 Å². The molecule has 0 rings (SSSR count). The molecule has 0 radical (unpaired) electrons. The minimum Gasteiger partial charge on any atom is -0.463 e. The molecule has 0 spiro atoms. The third kappa shape index (κ3) is 68.4. The van der Waals surface area contributed by atoms with Gasteiger partial charge in [0.25, 0.3) is 0 Å². The second kappa shape index (κ2) is 67.2. The molecule has 0 aromatic heterocycles. The predicted octanol–water partition coefficient (Wildman–Crippen LogP) is 19.5. The summed E-state index contributed by atoms with van der Waals surface area (Å²) in [5, 5.41) is 20.6. The van der Waals surface area contributed by atoms with E-state index >= 15 is 0 Å². The van der Waals surface area contributed by atoms with Crippen molar-refractivity contribution in [1.82, 2.24) is 0 Å². The summed E-state index contributed by atoms with van der Waals surface area (Å²) in [6.07, 6.45) is 81.4. The molecule has 0 aliphatic heterocycles. The molecule has 16 nitrogen and oxygen atoms in total. The zero-order chi connectivity index (χ0) is 68.1. The molecule has 0 aromatic carbocycles. The van der Waals surface area contributed by atoms with Gasteiger partial charge < -0.3 is 34.2 Å².